The monoisotopic (exact) mass is 478 g/mol. The molecule has 0 aliphatic heterocycles. The highest BCUT2D eigenvalue weighted by Gasteiger charge is 2.14. The third-order valence-electron chi connectivity index (χ3n) is 5.10. The van der Waals surface area contributed by atoms with Crippen LogP contribution in [-0.4, -0.2) is 26.6 Å². The van der Waals surface area contributed by atoms with Gasteiger partial charge in [0.05, 0.1) is 5.70 Å². The van der Waals surface area contributed by atoms with E-state index in [2.05, 4.69) is 41.8 Å². The Morgan fingerprint density at radius 2 is 1.68 bits per heavy atom. The molecule has 3 aromatic rings. The fourth-order valence-electron chi connectivity index (χ4n) is 3.08. The Hall–Kier alpha value is -3.59. The van der Waals surface area contributed by atoms with Gasteiger partial charge in [-0.3, -0.25) is 15.6 Å². The second-order valence-electron chi connectivity index (χ2n) is 8.81. The Morgan fingerprint density at radius 3 is 2.24 bits per heavy atom. The summed E-state index contributed by atoms with van der Waals surface area (Å²) in [5.74, 6) is -0.835. The summed E-state index contributed by atoms with van der Waals surface area (Å²) in [5.41, 5.74) is 9.41. The van der Waals surface area contributed by atoms with Crippen molar-refractivity contribution in [3.05, 3.63) is 83.2 Å². The third kappa shape index (κ3) is 6.95. The number of hydrazine groups is 1. The zero-order valence-electron chi connectivity index (χ0n) is 19.7. The van der Waals surface area contributed by atoms with Gasteiger partial charge in [-0.2, -0.15) is 0 Å². The van der Waals surface area contributed by atoms with Gasteiger partial charge in [0.15, 0.2) is 5.16 Å². The highest BCUT2D eigenvalue weighted by molar-refractivity contribution is 7.98. The Morgan fingerprint density at radius 1 is 1.03 bits per heavy atom. The van der Waals surface area contributed by atoms with Gasteiger partial charge in [-0.05, 0) is 34.2 Å². The van der Waals surface area contributed by atoms with Crippen LogP contribution in [0.4, 0.5) is 0 Å². The number of rotatable bonds is 9. The van der Waals surface area contributed by atoms with Crippen LogP contribution in [0, 0.1) is 0 Å². The molecule has 3 rings (SSSR count). The third-order valence-corrected chi connectivity index (χ3v) is 6.20. The van der Waals surface area contributed by atoms with Gasteiger partial charge in [0.25, 0.3) is 5.91 Å². The lowest BCUT2D eigenvalue weighted by Crippen LogP contribution is -2.36. The molecule has 1 aromatic heterocycles. The molecule has 0 bridgehead atoms. The van der Waals surface area contributed by atoms with Crippen molar-refractivity contribution >= 4 is 29.3 Å². The molecule has 0 radical (unpaired) electrons. The van der Waals surface area contributed by atoms with Crippen molar-refractivity contribution in [1.82, 2.24) is 25.6 Å². The Labute approximate surface area is 203 Å². The van der Waals surface area contributed by atoms with Crippen LogP contribution < -0.4 is 16.0 Å². The lowest BCUT2D eigenvalue weighted by molar-refractivity contribution is -0.304. The molecule has 2 aromatic carbocycles. The lowest BCUT2D eigenvalue weighted by atomic mass is 9.86. The number of hydrogen-bond donors (Lipinski definition) is 2. The van der Waals surface area contributed by atoms with Gasteiger partial charge in [0, 0.05) is 30.8 Å². The molecule has 1 heterocycles. The summed E-state index contributed by atoms with van der Waals surface area (Å²) in [6.07, 6.45) is 2.85. The number of thioether (sulfide) groups is 1. The average Bonchev–Trinajstić information content (AvgIpc) is 3.22. The van der Waals surface area contributed by atoms with Crippen LogP contribution in [0.5, 0.6) is 0 Å². The fraction of sp³-hybridized carbons (Fsp3) is 0.280. The van der Waals surface area contributed by atoms with Crippen molar-refractivity contribution in [3.8, 4) is 0 Å². The zero-order chi connectivity index (χ0) is 24.7. The van der Waals surface area contributed by atoms with Gasteiger partial charge in [-0.15, -0.1) is 10.2 Å². The topological polar surface area (TPSA) is 112 Å². The van der Waals surface area contributed by atoms with Gasteiger partial charge in [-0.25, -0.2) is 0 Å². The van der Waals surface area contributed by atoms with E-state index in [1.54, 1.807) is 30.2 Å². The van der Waals surface area contributed by atoms with Crippen molar-refractivity contribution in [2.75, 3.05) is 0 Å². The predicted octanol–water partition coefficient (Wildman–Crippen LogP) is 2.82. The van der Waals surface area contributed by atoms with Crippen LogP contribution >= 0.6 is 11.8 Å². The van der Waals surface area contributed by atoms with Crippen LogP contribution in [0.3, 0.4) is 0 Å². The molecule has 0 atom stereocenters. The number of nitrogens with zero attached hydrogens (tertiary/aromatic N) is 3. The van der Waals surface area contributed by atoms with E-state index >= 15 is 0 Å². The van der Waals surface area contributed by atoms with Crippen LogP contribution in [0.25, 0.3) is 5.70 Å². The van der Waals surface area contributed by atoms with Crippen molar-refractivity contribution in [1.29, 1.82) is 0 Å². The van der Waals surface area contributed by atoms with E-state index in [4.69, 9.17) is 0 Å². The first-order valence-electron chi connectivity index (χ1n) is 10.8. The summed E-state index contributed by atoms with van der Waals surface area (Å²) in [5, 5.41) is 19.7. The molecule has 1 amide bonds. The predicted molar refractivity (Wildman–Crippen MR) is 130 cm³/mol. The minimum Gasteiger partial charge on any atom is -0.550 e. The van der Waals surface area contributed by atoms with E-state index in [0.29, 0.717) is 17.0 Å². The molecule has 0 aliphatic rings. The molecule has 0 saturated heterocycles. The smallest absolute Gasteiger partial charge is 0.269 e. The lowest BCUT2D eigenvalue weighted by Gasteiger charge is -2.20. The maximum absolute atomic E-state index is 12.6. The normalized spacial score (nSPS) is 11.8. The molecule has 8 nitrogen and oxygen atoms in total. The number of carboxylic acids is 1. The summed E-state index contributed by atoms with van der Waals surface area (Å²) in [6.45, 7) is 6.35. The summed E-state index contributed by atoms with van der Waals surface area (Å²) in [6, 6.07) is 15.0. The fourth-order valence-corrected chi connectivity index (χ4v) is 3.92. The highest BCUT2D eigenvalue weighted by Crippen LogP contribution is 2.24. The van der Waals surface area contributed by atoms with Crippen LogP contribution in [0.15, 0.2) is 66.1 Å². The molecular formula is C25H28N5O3S-. The second-order valence-corrected chi connectivity index (χ2v) is 9.75. The number of amides is 1. The summed E-state index contributed by atoms with van der Waals surface area (Å²) < 4.78 is 1.85. The number of carbonyl (C=O) groups excluding carboxylic acids is 2. The van der Waals surface area contributed by atoms with E-state index in [9.17, 15) is 14.7 Å². The van der Waals surface area contributed by atoms with Gasteiger partial charge >= 0.3 is 0 Å². The van der Waals surface area contributed by atoms with E-state index in [-0.39, 0.29) is 17.7 Å². The molecule has 0 spiro atoms. The Bertz CT molecular complexity index is 1160. The number of aryl methyl sites for hydroxylation is 1. The molecule has 0 aliphatic carbocycles. The minimum absolute atomic E-state index is 0.00599. The first-order valence-corrected chi connectivity index (χ1v) is 11.7. The van der Waals surface area contributed by atoms with Gasteiger partial charge < -0.3 is 14.5 Å². The van der Waals surface area contributed by atoms with E-state index < -0.39 is 5.97 Å². The zero-order valence-corrected chi connectivity index (χ0v) is 20.5. The van der Waals surface area contributed by atoms with Crippen molar-refractivity contribution < 1.29 is 14.7 Å². The second kappa shape index (κ2) is 11.0. The number of hydrogen-bond acceptors (Lipinski definition) is 7. The maximum Gasteiger partial charge on any atom is 0.269 e. The molecule has 9 heteroatoms. The van der Waals surface area contributed by atoms with Gasteiger partial charge in [0.2, 0.25) is 0 Å². The molecule has 2 N–H and O–H groups in total. The average molecular weight is 479 g/mol. The quantitative estimate of drug-likeness (QED) is 0.359. The van der Waals surface area contributed by atoms with Crippen LogP contribution in [0.1, 0.15) is 54.2 Å². The van der Waals surface area contributed by atoms with E-state index in [1.165, 1.54) is 6.08 Å². The van der Waals surface area contributed by atoms with Crippen LogP contribution in [0.2, 0.25) is 0 Å². The number of carboxylic acid groups (broad SMARTS) is 1. The molecule has 34 heavy (non-hydrogen) atoms. The molecule has 178 valence electrons. The largest absolute Gasteiger partial charge is 0.550 e. The van der Waals surface area contributed by atoms with Crippen molar-refractivity contribution in [2.24, 2.45) is 7.05 Å². The first kappa shape index (κ1) is 25.0. The van der Waals surface area contributed by atoms with Crippen molar-refractivity contribution in [3.63, 3.8) is 0 Å². The number of carbonyl (C=O) groups is 2. The maximum atomic E-state index is 12.6. The standard InChI is InChI=1S/C25H29N5O3S/c1-25(2,3)20-11-9-18(10-12-20)21(13-14-22(31)32)27-28-23(33)19-7-5-17(6-8-19)15-34-24-29-26-16-30(24)4/h5-13,16,27H,14-15H2,1-4H3,(H,28,33)(H,31,32)/p-1/b21-13-. The Kier molecular flexibility index (Phi) is 8.12. The van der Waals surface area contributed by atoms with Crippen LogP contribution in [-0.2, 0) is 23.0 Å². The van der Waals surface area contributed by atoms with Gasteiger partial charge in [0.1, 0.15) is 6.33 Å². The van der Waals surface area contributed by atoms with E-state index in [0.717, 1.165) is 21.8 Å². The highest BCUT2D eigenvalue weighted by atomic mass is 32.2. The SMILES string of the molecule is Cn1cnnc1SCc1ccc(C(=O)NN/C(=C\CC(=O)[O-])c2ccc(C(C)(C)C)cc2)cc1. The summed E-state index contributed by atoms with van der Waals surface area (Å²) >= 11 is 1.56. The molecular weight excluding hydrogens is 450 g/mol. The Balaban J connectivity index is 1.64. The molecule has 0 saturated carbocycles. The summed E-state index contributed by atoms with van der Waals surface area (Å²) in [7, 11) is 1.89. The number of aliphatic carboxylic acids is 1. The summed E-state index contributed by atoms with van der Waals surface area (Å²) in [4.78, 5) is 23.6. The molecule has 0 unspecified atom stereocenters. The minimum atomic E-state index is -1.20. The van der Waals surface area contributed by atoms with E-state index in [1.807, 2.05) is 48.0 Å². The number of nitrogens with one attached hydrogen (secondary N) is 2. The number of benzene rings is 2. The number of aromatic nitrogens is 3. The van der Waals surface area contributed by atoms with Crippen molar-refractivity contribution in [2.45, 2.75) is 43.5 Å². The molecule has 0 fully saturated rings. The first-order chi connectivity index (χ1) is 16.1. The van der Waals surface area contributed by atoms with Gasteiger partial charge in [-0.1, -0.05) is 75.0 Å².